The van der Waals surface area contributed by atoms with Crippen LogP contribution in [0.1, 0.15) is 10.4 Å². The van der Waals surface area contributed by atoms with Crippen LogP contribution in [0.15, 0.2) is 36.7 Å². The highest BCUT2D eigenvalue weighted by Crippen LogP contribution is 2.23. The molecule has 1 saturated heterocycles. The molecular formula is C18H20N4O5. The lowest BCUT2D eigenvalue weighted by Gasteiger charge is -2.34. The predicted octanol–water partition coefficient (Wildman–Crippen LogP) is 1.55. The molecule has 0 bridgehead atoms. The van der Waals surface area contributed by atoms with E-state index in [9.17, 15) is 9.59 Å². The minimum Gasteiger partial charge on any atom is -0.490 e. The van der Waals surface area contributed by atoms with Crippen molar-refractivity contribution >= 4 is 18.2 Å². The Morgan fingerprint density at radius 1 is 1.11 bits per heavy atom. The van der Waals surface area contributed by atoms with E-state index in [1.807, 2.05) is 4.90 Å². The van der Waals surface area contributed by atoms with Crippen molar-refractivity contribution in [2.75, 3.05) is 44.3 Å². The lowest BCUT2D eigenvalue weighted by Crippen LogP contribution is -2.48. The summed E-state index contributed by atoms with van der Waals surface area (Å²) in [6.07, 6.45) is 2.97. The van der Waals surface area contributed by atoms with Gasteiger partial charge in [-0.25, -0.2) is 14.8 Å². The van der Waals surface area contributed by atoms with Crippen LogP contribution < -0.4 is 14.4 Å². The maximum absolute atomic E-state index is 11.0. The third kappa shape index (κ3) is 4.84. The largest absolute Gasteiger partial charge is 0.490 e. The van der Waals surface area contributed by atoms with E-state index in [2.05, 4.69) is 9.97 Å². The SMILES string of the molecule is O=Cc1cccc(OCCOc2nccnc2N2CCN(C(=O)O)CC2)c1. The maximum atomic E-state index is 11.0. The van der Waals surface area contributed by atoms with E-state index in [-0.39, 0.29) is 13.2 Å². The van der Waals surface area contributed by atoms with Crippen molar-refractivity contribution in [2.45, 2.75) is 0 Å². The second-order valence-electron chi connectivity index (χ2n) is 5.83. The van der Waals surface area contributed by atoms with Gasteiger partial charge in [0.05, 0.1) is 0 Å². The molecule has 0 spiro atoms. The van der Waals surface area contributed by atoms with E-state index in [0.717, 1.165) is 6.29 Å². The highest BCUT2D eigenvalue weighted by Gasteiger charge is 2.23. The normalized spacial score (nSPS) is 13.9. The summed E-state index contributed by atoms with van der Waals surface area (Å²) < 4.78 is 11.3. The minimum atomic E-state index is -0.916. The van der Waals surface area contributed by atoms with E-state index >= 15 is 0 Å². The van der Waals surface area contributed by atoms with E-state index < -0.39 is 6.09 Å². The first kappa shape index (κ1) is 18.4. The maximum Gasteiger partial charge on any atom is 0.407 e. The quantitative estimate of drug-likeness (QED) is 0.576. The number of hydrogen-bond acceptors (Lipinski definition) is 7. The average molecular weight is 372 g/mol. The number of anilines is 1. The highest BCUT2D eigenvalue weighted by molar-refractivity contribution is 5.75. The van der Waals surface area contributed by atoms with E-state index in [4.69, 9.17) is 14.6 Å². The summed E-state index contributed by atoms with van der Waals surface area (Å²) in [5.74, 6) is 1.56. The lowest BCUT2D eigenvalue weighted by molar-refractivity contribution is 0.112. The number of aromatic nitrogens is 2. The Morgan fingerprint density at radius 3 is 2.59 bits per heavy atom. The fraction of sp³-hybridized carbons (Fsp3) is 0.333. The number of hydrogen-bond donors (Lipinski definition) is 1. The van der Waals surface area contributed by atoms with Crippen molar-refractivity contribution in [1.29, 1.82) is 0 Å². The van der Waals surface area contributed by atoms with E-state index in [0.29, 0.717) is 49.2 Å². The zero-order chi connectivity index (χ0) is 19.1. The van der Waals surface area contributed by atoms with Gasteiger partial charge in [0, 0.05) is 44.1 Å². The fourth-order valence-electron chi connectivity index (χ4n) is 2.72. The van der Waals surface area contributed by atoms with Crippen LogP contribution in [0.5, 0.6) is 11.6 Å². The van der Waals surface area contributed by atoms with Gasteiger partial charge in [0.15, 0.2) is 5.82 Å². The molecule has 0 saturated carbocycles. The van der Waals surface area contributed by atoms with Crippen LogP contribution in [0.4, 0.5) is 10.6 Å². The molecule has 1 aliphatic rings. The van der Waals surface area contributed by atoms with Crippen molar-refractivity contribution in [3.63, 3.8) is 0 Å². The summed E-state index contributed by atoms with van der Waals surface area (Å²) in [6, 6.07) is 6.87. The van der Waals surface area contributed by atoms with Crippen molar-refractivity contribution in [3.8, 4) is 11.6 Å². The molecule has 0 aliphatic carbocycles. The first-order valence-corrected chi connectivity index (χ1v) is 8.52. The summed E-state index contributed by atoms with van der Waals surface area (Å²) >= 11 is 0. The van der Waals surface area contributed by atoms with Gasteiger partial charge in [-0.2, -0.15) is 0 Å². The summed E-state index contributed by atoms with van der Waals surface area (Å²) in [7, 11) is 0. The molecule has 1 aromatic heterocycles. The second kappa shape index (κ2) is 8.84. The molecule has 1 aliphatic heterocycles. The second-order valence-corrected chi connectivity index (χ2v) is 5.83. The molecule has 0 unspecified atom stereocenters. The minimum absolute atomic E-state index is 0.256. The van der Waals surface area contributed by atoms with Crippen LogP contribution in [0.25, 0.3) is 0 Å². The van der Waals surface area contributed by atoms with Gasteiger partial charge >= 0.3 is 6.09 Å². The van der Waals surface area contributed by atoms with E-state index in [1.54, 1.807) is 36.7 Å². The number of amides is 1. The predicted molar refractivity (Wildman–Crippen MR) is 96.7 cm³/mol. The van der Waals surface area contributed by atoms with Crippen LogP contribution in [-0.2, 0) is 0 Å². The Hall–Kier alpha value is -3.36. The fourth-order valence-corrected chi connectivity index (χ4v) is 2.72. The van der Waals surface area contributed by atoms with Gasteiger partial charge in [0.1, 0.15) is 25.2 Å². The number of benzene rings is 1. The number of rotatable bonds is 7. The van der Waals surface area contributed by atoms with Crippen LogP contribution in [0.3, 0.4) is 0 Å². The molecule has 142 valence electrons. The van der Waals surface area contributed by atoms with Crippen LogP contribution in [-0.4, -0.2) is 71.7 Å². The Morgan fingerprint density at radius 2 is 1.85 bits per heavy atom. The smallest absolute Gasteiger partial charge is 0.407 e. The first-order valence-electron chi connectivity index (χ1n) is 8.52. The summed E-state index contributed by atoms with van der Waals surface area (Å²) in [6.45, 7) is 2.40. The molecular weight excluding hydrogens is 352 g/mol. The van der Waals surface area contributed by atoms with E-state index in [1.165, 1.54) is 4.90 Å². The molecule has 2 heterocycles. The molecule has 27 heavy (non-hydrogen) atoms. The Kier molecular flexibility index (Phi) is 6.03. The Balaban J connectivity index is 1.53. The van der Waals surface area contributed by atoms with Crippen molar-refractivity contribution in [1.82, 2.24) is 14.9 Å². The molecule has 0 radical (unpaired) electrons. The summed E-state index contributed by atoms with van der Waals surface area (Å²) in [4.78, 5) is 33.7. The number of carboxylic acid groups (broad SMARTS) is 1. The Bertz CT molecular complexity index is 793. The zero-order valence-corrected chi connectivity index (χ0v) is 14.7. The van der Waals surface area contributed by atoms with Gasteiger partial charge in [0.25, 0.3) is 5.88 Å². The molecule has 1 amide bonds. The Labute approximate surface area is 156 Å². The molecule has 2 aromatic rings. The van der Waals surface area contributed by atoms with Gasteiger partial charge in [-0.05, 0) is 12.1 Å². The lowest BCUT2D eigenvalue weighted by atomic mass is 10.2. The zero-order valence-electron chi connectivity index (χ0n) is 14.7. The molecule has 0 atom stereocenters. The van der Waals surface area contributed by atoms with Gasteiger partial charge < -0.3 is 24.4 Å². The van der Waals surface area contributed by atoms with Gasteiger partial charge in [-0.1, -0.05) is 12.1 Å². The number of piperazine rings is 1. The van der Waals surface area contributed by atoms with Gasteiger partial charge in [-0.15, -0.1) is 0 Å². The van der Waals surface area contributed by atoms with Crippen LogP contribution in [0.2, 0.25) is 0 Å². The van der Waals surface area contributed by atoms with Crippen molar-refractivity contribution in [2.24, 2.45) is 0 Å². The number of carbonyl (C=O) groups excluding carboxylic acids is 1. The van der Waals surface area contributed by atoms with Crippen molar-refractivity contribution in [3.05, 3.63) is 42.2 Å². The number of aldehydes is 1. The third-order valence-electron chi connectivity index (χ3n) is 4.08. The van der Waals surface area contributed by atoms with Gasteiger partial charge in [-0.3, -0.25) is 4.79 Å². The highest BCUT2D eigenvalue weighted by atomic mass is 16.5. The average Bonchev–Trinajstić information content (AvgIpc) is 2.72. The molecule has 9 nitrogen and oxygen atoms in total. The first-order chi connectivity index (χ1) is 13.2. The topological polar surface area (TPSA) is 105 Å². The molecule has 1 fully saturated rings. The van der Waals surface area contributed by atoms with Crippen molar-refractivity contribution < 1.29 is 24.2 Å². The standard InChI is InChI=1S/C18H20N4O5/c23-13-14-2-1-3-15(12-14)26-10-11-27-17-16(19-4-5-20-17)21-6-8-22(9-7-21)18(24)25/h1-5,12-13H,6-11H2,(H,24,25). The monoisotopic (exact) mass is 372 g/mol. The number of nitrogens with zero attached hydrogens (tertiary/aromatic N) is 4. The number of ether oxygens (including phenoxy) is 2. The van der Waals surface area contributed by atoms with Gasteiger partial charge in [0.2, 0.25) is 0 Å². The molecule has 1 aromatic carbocycles. The molecule has 1 N–H and O–H groups in total. The van der Waals surface area contributed by atoms with Crippen LogP contribution in [0, 0.1) is 0 Å². The number of carbonyl (C=O) groups is 2. The molecule has 9 heteroatoms. The van der Waals surface area contributed by atoms with Crippen LogP contribution >= 0.6 is 0 Å². The molecule has 3 rings (SSSR count). The summed E-state index contributed by atoms with van der Waals surface area (Å²) in [5.41, 5.74) is 0.546. The summed E-state index contributed by atoms with van der Waals surface area (Å²) in [5, 5.41) is 9.04. The third-order valence-corrected chi connectivity index (χ3v) is 4.08.